The number of hydrogen-bond acceptors (Lipinski definition) is 10. The van der Waals surface area contributed by atoms with E-state index in [1.165, 1.54) is 48.5 Å². The Kier molecular flexibility index (Phi) is 14.3. The maximum Gasteiger partial charge on any atom is 1.00 e. The number of rotatable bonds is 12. The van der Waals surface area contributed by atoms with Gasteiger partial charge in [0, 0.05) is 11.5 Å². The first kappa shape index (κ1) is 32.8. The van der Waals surface area contributed by atoms with Crippen molar-refractivity contribution in [3.8, 4) is 11.5 Å². The molecule has 0 aromatic heterocycles. The summed E-state index contributed by atoms with van der Waals surface area (Å²) in [6.07, 6.45) is 0.0417. The van der Waals surface area contributed by atoms with Crippen LogP contribution < -0.4 is 68.6 Å². The molecule has 0 aliphatic heterocycles. The fraction of sp³-hybridized carbons (Fsp3) is 0.333. The van der Waals surface area contributed by atoms with Gasteiger partial charge in [-0.2, -0.15) is 0 Å². The van der Waals surface area contributed by atoms with Crippen LogP contribution in [0.2, 0.25) is 0 Å². The van der Waals surface area contributed by atoms with Crippen LogP contribution in [0.1, 0.15) is 12.8 Å². The number of sulfone groups is 1. The number of ether oxygens (including phenoxy) is 2. The Morgan fingerprint density at radius 3 is 1.15 bits per heavy atom. The van der Waals surface area contributed by atoms with E-state index in [1.54, 1.807) is 0 Å². The minimum absolute atomic E-state index is 0. The second kappa shape index (κ2) is 14.4. The van der Waals surface area contributed by atoms with E-state index < -0.39 is 41.6 Å². The Morgan fingerprint density at radius 2 is 0.879 bits per heavy atom. The van der Waals surface area contributed by atoms with Gasteiger partial charge in [0.2, 0.25) is 9.84 Å². The van der Waals surface area contributed by atoms with Gasteiger partial charge >= 0.3 is 59.1 Å². The average molecular weight is 539 g/mol. The van der Waals surface area contributed by atoms with E-state index in [0.717, 1.165) is 0 Å². The van der Waals surface area contributed by atoms with E-state index in [1.807, 2.05) is 0 Å². The van der Waals surface area contributed by atoms with Crippen LogP contribution in [0.25, 0.3) is 0 Å². The zero-order valence-corrected chi connectivity index (χ0v) is 24.6. The first-order chi connectivity index (χ1) is 14.4. The van der Waals surface area contributed by atoms with E-state index in [-0.39, 0.29) is 95.0 Å². The molecule has 10 nitrogen and oxygen atoms in total. The molecular formula is C18H20Na2O10S3. The summed E-state index contributed by atoms with van der Waals surface area (Å²) >= 11 is 0. The third-order valence-electron chi connectivity index (χ3n) is 3.88. The van der Waals surface area contributed by atoms with Crippen LogP contribution in [0, 0.1) is 0 Å². The van der Waals surface area contributed by atoms with Gasteiger partial charge in [-0.15, -0.1) is 0 Å². The molecule has 33 heavy (non-hydrogen) atoms. The van der Waals surface area contributed by atoms with Crippen LogP contribution in [0.3, 0.4) is 0 Å². The standard InChI is InChI=1S/C18H22O10S3.2Na/c19-29(20,21)13-1-11-27-15-3-7-17(8-4-15)31(25,26)18-9-5-16(6-10-18)28-12-2-14-30(22,23)24;;/h3-10H,1-2,11-14H2,(H,19,20,21)(H,22,23,24);;/q;2*+1/p-2. The predicted molar refractivity (Wildman–Crippen MR) is 108 cm³/mol. The van der Waals surface area contributed by atoms with Gasteiger partial charge < -0.3 is 18.6 Å². The van der Waals surface area contributed by atoms with Crippen molar-refractivity contribution in [3.63, 3.8) is 0 Å². The molecule has 15 heteroatoms. The fourth-order valence-corrected chi connectivity index (χ4v) is 4.62. The first-order valence-corrected chi connectivity index (χ1v) is 13.6. The van der Waals surface area contributed by atoms with Gasteiger partial charge in [-0.25, -0.2) is 25.3 Å². The van der Waals surface area contributed by atoms with Crippen molar-refractivity contribution in [1.29, 1.82) is 0 Å². The first-order valence-electron chi connectivity index (χ1n) is 8.95. The Bertz CT molecular complexity index is 1090. The molecule has 0 unspecified atom stereocenters. The van der Waals surface area contributed by atoms with Gasteiger partial charge in [-0.3, -0.25) is 0 Å². The summed E-state index contributed by atoms with van der Waals surface area (Å²) in [6, 6.07) is 11.0. The largest absolute Gasteiger partial charge is 1.00 e. The smallest absolute Gasteiger partial charge is 0.748 e. The summed E-state index contributed by atoms with van der Waals surface area (Å²) in [5.41, 5.74) is 0. The van der Waals surface area contributed by atoms with Crippen molar-refractivity contribution in [2.75, 3.05) is 24.7 Å². The van der Waals surface area contributed by atoms with Crippen molar-refractivity contribution >= 4 is 30.1 Å². The average Bonchev–Trinajstić information content (AvgIpc) is 2.68. The quantitative estimate of drug-likeness (QED) is 0.145. The molecule has 0 atom stereocenters. The summed E-state index contributed by atoms with van der Waals surface area (Å²) in [5.74, 6) is -0.439. The molecule has 0 radical (unpaired) electrons. The second-order valence-corrected chi connectivity index (χ2v) is 11.4. The molecule has 0 N–H and O–H groups in total. The van der Waals surface area contributed by atoms with Crippen LogP contribution in [0.5, 0.6) is 11.5 Å². The summed E-state index contributed by atoms with van der Waals surface area (Å²) in [5, 5.41) is 0. The molecule has 0 heterocycles. The van der Waals surface area contributed by atoms with Crippen LogP contribution in [0.4, 0.5) is 0 Å². The van der Waals surface area contributed by atoms with Gasteiger partial charge in [-0.05, 0) is 61.4 Å². The molecule has 0 saturated heterocycles. The van der Waals surface area contributed by atoms with Crippen molar-refractivity contribution in [1.82, 2.24) is 0 Å². The summed E-state index contributed by atoms with van der Waals surface area (Å²) in [6.45, 7) is -0.00838. The minimum Gasteiger partial charge on any atom is -0.748 e. The Hall–Kier alpha value is -0.190. The third-order valence-corrected chi connectivity index (χ3v) is 7.25. The van der Waals surface area contributed by atoms with Crippen molar-refractivity contribution in [2.45, 2.75) is 22.6 Å². The van der Waals surface area contributed by atoms with Crippen molar-refractivity contribution in [2.24, 2.45) is 0 Å². The van der Waals surface area contributed by atoms with Gasteiger partial charge in [-0.1, -0.05) is 0 Å². The zero-order valence-electron chi connectivity index (χ0n) is 18.2. The molecule has 2 aromatic rings. The molecule has 0 spiro atoms. The molecule has 0 amide bonds. The van der Waals surface area contributed by atoms with E-state index >= 15 is 0 Å². The summed E-state index contributed by atoms with van der Waals surface area (Å²) in [4.78, 5) is 0.0209. The molecule has 0 aliphatic rings. The predicted octanol–water partition coefficient (Wildman–Crippen LogP) is -4.84. The maximum atomic E-state index is 12.7. The molecule has 0 saturated carbocycles. The zero-order chi connectivity index (χ0) is 23.1. The van der Waals surface area contributed by atoms with Crippen molar-refractivity contribution < 1.29 is 103 Å². The van der Waals surface area contributed by atoms with E-state index in [0.29, 0.717) is 11.5 Å². The molecule has 0 bridgehead atoms. The molecule has 0 aliphatic carbocycles. The van der Waals surface area contributed by atoms with Gasteiger partial charge in [0.15, 0.2) is 0 Å². The minimum atomic E-state index is -4.31. The normalized spacial score (nSPS) is 11.7. The fourth-order valence-electron chi connectivity index (χ4n) is 2.42. The third kappa shape index (κ3) is 12.4. The summed E-state index contributed by atoms with van der Waals surface area (Å²) < 4.78 is 99.2. The molecule has 2 aromatic carbocycles. The van der Waals surface area contributed by atoms with E-state index in [2.05, 4.69) is 0 Å². The molecule has 2 rings (SSSR count). The molecule has 172 valence electrons. The van der Waals surface area contributed by atoms with E-state index in [4.69, 9.17) is 9.47 Å². The van der Waals surface area contributed by atoms with Gasteiger partial charge in [0.1, 0.15) is 11.5 Å². The topological polar surface area (TPSA) is 167 Å². The van der Waals surface area contributed by atoms with Crippen LogP contribution in [0.15, 0.2) is 58.3 Å². The Balaban J connectivity index is 0.00000512. The monoisotopic (exact) mass is 538 g/mol. The van der Waals surface area contributed by atoms with Crippen molar-refractivity contribution in [3.05, 3.63) is 48.5 Å². The van der Waals surface area contributed by atoms with Crippen LogP contribution in [-0.4, -0.2) is 59.1 Å². The summed E-state index contributed by atoms with van der Waals surface area (Å²) in [7, 11) is -12.4. The van der Waals surface area contributed by atoms with Crippen LogP contribution in [-0.2, 0) is 30.1 Å². The second-order valence-electron chi connectivity index (χ2n) is 6.37. The maximum absolute atomic E-state index is 12.7. The Morgan fingerprint density at radius 1 is 0.576 bits per heavy atom. The van der Waals surface area contributed by atoms with Gasteiger partial charge in [0.05, 0.1) is 43.2 Å². The molecule has 0 fully saturated rings. The van der Waals surface area contributed by atoms with Crippen LogP contribution >= 0.6 is 0 Å². The molecular weight excluding hydrogens is 518 g/mol. The van der Waals surface area contributed by atoms with Gasteiger partial charge in [0.25, 0.3) is 0 Å². The SMILES string of the molecule is O=S(=O)([O-])CCCOc1ccc(S(=O)(=O)c2ccc(OCCCS(=O)(=O)[O-])cc2)cc1.[Na+].[Na+]. The van der Waals surface area contributed by atoms with E-state index in [9.17, 15) is 34.4 Å². The Labute approximate surface area is 238 Å². The number of benzene rings is 2. The number of hydrogen-bond donors (Lipinski definition) is 0.